The summed E-state index contributed by atoms with van der Waals surface area (Å²) in [6, 6.07) is 0.0590. The van der Waals surface area contributed by atoms with Crippen molar-refractivity contribution in [2.45, 2.75) is 78.8 Å². The molecule has 1 saturated heterocycles. The number of aromatic nitrogens is 2. The SMILES string of the molecule is Cc1nn(CC(C)C)c(C)c1CC(=O)N1CCCC[C@H]1CCC(=O)O. The first-order valence-electron chi connectivity index (χ1n) is 9.33. The van der Waals surface area contributed by atoms with Crippen molar-refractivity contribution in [3.8, 4) is 0 Å². The van der Waals surface area contributed by atoms with Crippen LogP contribution in [0.4, 0.5) is 0 Å². The second-order valence-electron chi connectivity index (χ2n) is 7.57. The third kappa shape index (κ3) is 5.06. The standard InChI is InChI=1S/C19H31N3O3/c1-13(2)12-22-15(4)17(14(3)20-22)11-18(23)21-10-6-5-7-16(21)8-9-19(24)25/h13,16H,5-12H2,1-4H3,(H,24,25)/t16-/m0/s1. The van der Waals surface area contributed by atoms with E-state index in [0.29, 0.717) is 18.8 Å². The van der Waals surface area contributed by atoms with Crippen LogP contribution in [0, 0.1) is 19.8 Å². The van der Waals surface area contributed by atoms with Crippen LogP contribution in [0.1, 0.15) is 62.9 Å². The highest BCUT2D eigenvalue weighted by molar-refractivity contribution is 5.80. The molecule has 1 aromatic heterocycles. The number of piperidine rings is 1. The number of aliphatic carboxylic acids is 1. The molecule has 0 aliphatic carbocycles. The normalized spacial score (nSPS) is 18.0. The minimum Gasteiger partial charge on any atom is -0.481 e. The largest absolute Gasteiger partial charge is 0.481 e. The highest BCUT2D eigenvalue weighted by Gasteiger charge is 2.28. The number of carboxylic acid groups (broad SMARTS) is 1. The zero-order valence-corrected chi connectivity index (χ0v) is 15.9. The van der Waals surface area contributed by atoms with Crippen LogP contribution >= 0.6 is 0 Å². The number of carboxylic acids is 1. The quantitative estimate of drug-likeness (QED) is 0.821. The first kappa shape index (κ1) is 19.5. The van der Waals surface area contributed by atoms with Gasteiger partial charge in [0, 0.05) is 36.8 Å². The van der Waals surface area contributed by atoms with Gasteiger partial charge in [-0.2, -0.15) is 5.10 Å². The molecule has 0 aromatic carbocycles. The summed E-state index contributed by atoms with van der Waals surface area (Å²) >= 11 is 0. The fraction of sp³-hybridized carbons (Fsp3) is 0.737. The topological polar surface area (TPSA) is 75.4 Å². The Labute approximate surface area is 150 Å². The van der Waals surface area contributed by atoms with Crippen LogP contribution in [-0.4, -0.2) is 44.3 Å². The predicted molar refractivity (Wildman–Crippen MR) is 96.5 cm³/mol. The fourth-order valence-corrected chi connectivity index (χ4v) is 3.69. The first-order valence-corrected chi connectivity index (χ1v) is 9.33. The van der Waals surface area contributed by atoms with Crippen molar-refractivity contribution in [3.05, 3.63) is 17.0 Å². The lowest BCUT2D eigenvalue weighted by molar-refractivity contribution is -0.139. The molecular formula is C19H31N3O3. The maximum Gasteiger partial charge on any atom is 0.303 e. The second kappa shape index (κ2) is 8.50. The van der Waals surface area contributed by atoms with E-state index < -0.39 is 5.97 Å². The molecule has 1 fully saturated rings. The zero-order chi connectivity index (χ0) is 18.6. The molecule has 0 saturated carbocycles. The number of carbonyl (C=O) groups is 2. The number of aryl methyl sites for hydroxylation is 1. The number of hydrogen-bond acceptors (Lipinski definition) is 3. The Kier molecular flexibility index (Phi) is 6.62. The van der Waals surface area contributed by atoms with E-state index in [4.69, 9.17) is 5.11 Å². The molecule has 1 atom stereocenters. The number of likely N-dealkylation sites (tertiary alicyclic amines) is 1. The van der Waals surface area contributed by atoms with Gasteiger partial charge in [0.25, 0.3) is 0 Å². The Morgan fingerprint density at radius 2 is 2.00 bits per heavy atom. The Morgan fingerprint density at radius 3 is 2.64 bits per heavy atom. The number of amides is 1. The summed E-state index contributed by atoms with van der Waals surface area (Å²) in [5, 5.41) is 13.5. The molecule has 1 amide bonds. The zero-order valence-electron chi connectivity index (χ0n) is 15.9. The van der Waals surface area contributed by atoms with E-state index in [9.17, 15) is 9.59 Å². The molecule has 1 aromatic rings. The van der Waals surface area contributed by atoms with Crippen LogP contribution in [0.3, 0.4) is 0 Å². The summed E-state index contributed by atoms with van der Waals surface area (Å²) in [5.41, 5.74) is 3.01. The van der Waals surface area contributed by atoms with Crippen molar-refractivity contribution in [3.63, 3.8) is 0 Å². The Balaban J connectivity index is 2.09. The molecule has 1 aliphatic heterocycles. The molecule has 6 heteroatoms. The van der Waals surface area contributed by atoms with Crippen molar-refractivity contribution in [2.24, 2.45) is 5.92 Å². The van der Waals surface area contributed by atoms with Crippen LogP contribution in [0.5, 0.6) is 0 Å². The summed E-state index contributed by atoms with van der Waals surface area (Å²) in [4.78, 5) is 25.7. The lowest BCUT2D eigenvalue weighted by Crippen LogP contribution is -2.44. The van der Waals surface area contributed by atoms with Gasteiger partial charge < -0.3 is 10.0 Å². The lowest BCUT2D eigenvalue weighted by Gasteiger charge is -2.36. The molecule has 1 N–H and O–H groups in total. The Hall–Kier alpha value is -1.85. The first-order chi connectivity index (χ1) is 11.8. The van der Waals surface area contributed by atoms with Crippen molar-refractivity contribution in [1.82, 2.24) is 14.7 Å². The van der Waals surface area contributed by atoms with Gasteiger partial charge in [-0.05, 0) is 45.4 Å². The maximum atomic E-state index is 12.9. The molecule has 2 heterocycles. The predicted octanol–water partition coefficient (Wildman–Crippen LogP) is 2.94. The van der Waals surface area contributed by atoms with Crippen LogP contribution in [-0.2, 0) is 22.6 Å². The molecule has 1 aliphatic rings. The van der Waals surface area contributed by atoms with Gasteiger partial charge in [-0.3, -0.25) is 14.3 Å². The highest BCUT2D eigenvalue weighted by atomic mass is 16.4. The molecule has 2 rings (SSSR count). The number of nitrogens with zero attached hydrogens (tertiary/aromatic N) is 3. The smallest absolute Gasteiger partial charge is 0.303 e. The third-order valence-corrected chi connectivity index (χ3v) is 5.04. The lowest BCUT2D eigenvalue weighted by atomic mass is 9.96. The van der Waals surface area contributed by atoms with Gasteiger partial charge in [-0.15, -0.1) is 0 Å². The highest BCUT2D eigenvalue weighted by Crippen LogP contribution is 2.23. The maximum absolute atomic E-state index is 12.9. The molecule has 140 valence electrons. The Morgan fingerprint density at radius 1 is 1.28 bits per heavy atom. The van der Waals surface area contributed by atoms with Crippen molar-refractivity contribution >= 4 is 11.9 Å². The van der Waals surface area contributed by atoms with Gasteiger partial charge in [-0.25, -0.2) is 0 Å². The molecule has 0 bridgehead atoms. The summed E-state index contributed by atoms with van der Waals surface area (Å²) in [6.45, 7) is 9.89. The van der Waals surface area contributed by atoms with Crippen molar-refractivity contribution < 1.29 is 14.7 Å². The molecule has 0 radical (unpaired) electrons. The number of rotatable bonds is 7. The average Bonchev–Trinajstić information content (AvgIpc) is 2.80. The summed E-state index contributed by atoms with van der Waals surface area (Å²) < 4.78 is 2.00. The third-order valence-electron chi connectivity index (χ3n) is 5.04. The summed E-state index contributed by atoms with van der Waals surface area (Å²) in [7, 11) is 0. The van der Waals surface area contributed by atoms with Gasteiger partial charge in [0.1, 0.15) is 0 Å². The second-order valence-corrected chi connectivity index (χ2v) is 7.57. The molecule has 25 heavy (non-hydrogen) atoms. The van der Waals surface area contributed by atoms with Crippen LogP contribution in [0.2, 0.25) is 0 Å². The van der Waals surface area contributed by atoms with E-state index >= 15 is 0 Å². The van der Waals surface area contributed by atoms with E-state index in [0.717, 1.165) is 49.3 Å². The van der Waals surface area contributed by atoms with Crippen molar-refractivity contribution in [2.75, 3.05) is 6.54 Å². The van der Waals surface area contributed by atoms with Crippen LogP contribution in [0.15, 0.2) is 0 Å². The van der Waals surface area contributed by atoms with Crippen LogP contribution in [0.25, 0.3) is 0 Å². The van der Waals surface area contributed by atoms with E-state index in [1.807, 2.05) is 23.4 Å². The minimum absolute atomic E-state index is 0.0590. The average molecular weight is 349 g/mol. The van der Waals surface area contributed by atoms with E-state index in [2.05, 4.69) is 18.9 Å². The molecule has 6 nitrogen and oxygen atoms in total. The molecule has 0 unspecified atom stereocenters. The van der Waals surface area contributed by atoms with Gasteiger partial charge in [0.15, 0.2) is 0 Å². The monoisotopic (exact) mass is 349 g/mol. The molecule has 0 spiro atoms. The number of hydrogen-bond donors (Lipinski definition) is 1. The Bertz CT molecular complexity index is 622. The fourth-order valence-electron chi connectivity index (χ4n) is 3.69. The van der Waals surface area contributed by atoms with E-state index in [1.54, 1.807) is 0 Å². The van der Waals surface area contributed by atoms with E-state index in [-0.39, 0.29) is 18.4 Å². The van der Waals surface area contributed by atoms with Gasteiger partial charge in [0.2, 0.25) is 5.91 Å². The summed E-state index contributed by atoms with van der Waals surface area (Å²) in [6.07, 6.45) is 4.01. The van der Waals surface area contributed by atoms with Gasteiger partial charge in [-0.1, -0.05) is 13.8 Å². The minimum atomic E-state index is -0.792. The van der Waals surface area contributed by atoms with Gasteiger partial charge >= 0.3 is 5.97 Å². The van der Waals surface area contributed by atoms with E-state index in [1.165, 1.54) is 0 Å². The number of carbonyl (C=O) groups excluding carboxylic acids is 1. The summed E-state index contributed by atoms with van der Waals surface area (Å²) in [5.74, 6) is -0.186. The van der Waals surface area contributed by atoms with Crippen LogP contribution < -0.4 is 0 Å². The van der Waals surface area contributed by atoms with Gasteiger partial charge in [0.05, 0.1) is 12.1 Å². The molecular weight excluding hydrogens is 318 g/mol. The van der Waals surface area contributed by atoms with Crippen molar-refractivity contribution in [1.29, 1.82) is 0 Å².